The van der Waals surface area contributed by atoms with E-state index in [1.165, 1.54) is 19.3 Å². The second kappa shape index (κ2) is 2.49. The molecule has 0 aromatic rings. The van der Waals surface area contributed by atoms with Gasteiger partial charge in [-0.1, -0.05) is 19.8 Å². The van der Waals surface area contributed by atoms with Crippen molar-refractivity contribution in [2.75, 3.05) is 6.54 Å². The normalized spacial score (nSPS) is 38.2. The summed E-state index contributed by atoms with van der Waals surface area (Å²) in [5.41, 5.74) is 5.52. The monoisotopic (exact) mass is 113 g/mol. The smallest absolute Gasteiger partial charge is 0.00463 e. The van der Waals surface area contributed by atoms with Crippen LogP contribution in [0.5, 0.6) is 0 Å². The zero-order chi connectivity index (χ0) is 5.98. The minimum Gasteiger partial charge on any atom is -0.330 e. The first kappa shape index (κ1) is 6.09. The molecule has 0 aliphatic heterocycles. The maximum absolute atomic E-state index is 5.52. The molecular weight excluding hydrogens is 98.1 g/mol. The molecule has 8 heavy (non-hydrogen) atoms. The average Bonchev–Trinajstić information content (AvgIpc) is 2.14. The van der Waals surface area contributed by atoms with Crippen LogP contribution >= 0.6 is 0 Å². The van der Waals surface area contributed by atoms with E-state index in [1.54, 1.807) is 0 Å². The minimum atomic E-state index is 0.843. The Labute approximate surface area is 51.3 Å². The zero-order valence-corrected chi connectivity index (χ0v) is 5.56. The van der Waals surface area contributed by atoms with E-state index < -0.39 is 0 Å². The van der Waals surface area contributed by atoms with Gasteiger partial charge in [0.05, 0.1) is 0 Å². The van der Waals surface area contributed by atoms with E-state index in [0.717, 1.165) is 18.4 Å². The van der Waals surface area contributed by atoms with E-state index in [4.69, 9.17) is 5.73 Å². The van der Waals surface area contributed by atoms with Gasteiger partial charge < -0.3 is 5.73 Å². The van der Waals surface area contributed by atoms with E-state index >= 15 is 0 Å². The average molecular weight is 113 g/mol. The molecule has 1 aliphatic carbocycles. The van der Waals surface area contributed by atoms with E-state index in [2.05, 4.69) is 6.92 Å². The Bertz CT molecular complexity index is 70.8. The lowest BCUT2D eigenvalue weighted by molar-refractivity contribution is 0.429. The predicted octanol–water partition coefficient (Wildman–Crippen LogP) is 1.38. The van der Waals surface area contributed by atoms with Crippen LogP contribution in [-0.2, 0) is 0 Å². The van der Waals surface area contributed by atoms with Crippen LogP contribution in [-0.4, -0.2) is 6.54 Å². The zero-order valence-electron chi connectivity index (χ0n) is 5.56. The third kappa shape index (κ3) is 1.03. The van der Waals surface area contributed by atoms with Gasteiger partial charge in [0.25, 0.3) is 0 Å². The van der Waals surface area contributed by atoms with Crippen molar-refractivity contribution in [1.82, 2.24) is 0 Å². The van der Waals surface area contributed by atoms with E-state index in [1.807, 2.05) is 0 Å². The third-order valence-corrected chi connectivity index (χ3v) is 2.34. The van der Waals surface area contributed by atoms with Crippen molar-refractivity contribution in [1.29, 1.82) is 0 Å². The van der Waals surface area contributed by atoms with Crippen LogP contribution in [0.1, 0.15) is 26.2 Å². The summed E-state index contributed by atoms with van der Waals surface area (Å²) >= 11 is 0. The predicted molar refractivity (Wildman–Crippen MR) is 35.6 cm³/mol. The lowest BCUT2D eigenvalue weighted by atomic mass is 9.99. The quantitative estimate of drug-likeness (QED) is 0.546. The van der Waals surface area contributed by atoms with Gasteiger partial charge in [-0.2, -0.15) is 0 Å². The summed E-state index contributed by atoms with van der Waals surface area (Å²) in [6, 6.07) is 0. The largest absolute Gasteiger partial charge is 0.330 e. The highest BCUT2D eigenvalue weighted by atomic mass is 14.6. The van der Waals surface area contributed by atoms with Crippen molar-refractivity contribution in [2.24, 2.45) is 17.6 Å². The summed E-state index contributed by atoms with van der Waals surface area (Å²) in [6.07, 6.45) is 4.18. The van der Waals surface area contributed by atoms with Gasteiger partial charge in [-0.3, -0.25) is 0 Å². The van der Waals surface area contributed by atoms with Crippen molar-refractivity contribution >= 4 is 0 Å². The van der Waals surface area contributed by atoms with E-state index in [0.29, 0.717) is 0 Å². The molecule has 1 nitrogen and oxygen atoms in total. The Kier molecular flexibility index (Phi) is 1.90. The molecule has 2 atom stereocenters. The number of nitrogens with two attached hydrogens (primary N) is 1. The Hall–Kier alpha value is -0.0400. The SMILES string of the molecule is C[C@@H]1CCC[C@H]1CN. The molecule has 1 aliphatic rings. The van der Waals surface area contributed by atoms with E-state index in [-0.39, 0.29) is 0 Å². The molecule has 1 saturated carbocycles. The molecular formula is C7H15N. The van der Waals surface area contributed by atoms with Gasteiger partial charge in [-0.05, 0) is 24.8 Å². The first-order chi connectivity index (χ1) is 3.84. The maximum atomic E-state index is 5.52. The molecule has 0 amide bonds. The van der Waals surface area contributed by atoms with Crippen LogP contribution in [0, 0.1) is 11.8 Å². The third-order valence-electron chi connectivity index (χ3n) is 2.34. The van der Waals surface area contributed by atoms with Crippen LogP contribution in [0.2, 0.25) is 0 Å². The molecule has 2 N–H and O–H groups in total. The first-order valence-corrected chi connectivity index (χ1v) is 3.54. The molecule has 0 aromatic carbocycles. The van der Waals surface area contributed by atoms with Gasteiger partial charge in [0.2, 0.25) is 0 Å². The van der Waals surface area contributed by atoms with Crippen LogP contribution in [0.25, 0.3) is 0 Å². The summed E-state index contributed by atoms with van der Waals surface area (Å²) in [6.45, 7) is 3.21. The van der Waals surface area contributed by atoms with Gasteiger partial charge in [0.1, 0.15) is 0 Å². The summed E-state index contributed by atoms with van der Waals surface area (Å²) in [4.78, 5) is 0. The van der Waals surface area contributed by atoms with Gasteiger partial charge in [0, 0.05) is 0 Å². The molecule has 0 saturated heterocycles. The molecule has 0 bridgehead atoms. The highest BCUT2D eigenvalue weighted by Gasteiger charge is 2.20. The van der Waals surface area contributed by atoms with Crippen molar-refractivity contribution in [2.45, 2.75) is 26.2 Å². The topological polar surface area (TPSA) is 26.0 Å². The van der Waals surface area contributed by atoms with Gasteiger partial charge in [-0.15, -0.1) is 0 Å². The van der Waals surface area contributed by atoms with E-state index in [9.17, 15) is 0 Å². The van der Waals surface area contributed by atoms with Crippen molar-refractivity contribution in [3.8, 4) is 0 Å². The van der Waals surface area contributed by atoms with Crippen molar-refractivity contribution < 1.29 is 0 Å². The molecule has 0 spiro atoms. The maximum Gasteiger partial charge on any atom is -0.00463 e. The molecule has 1 fully saturated rings. The Morgan fingerprint density at radius 3 is 2.50 bits per heavy atom. The number of rotatable bonds is 1. The standard InChI is InChI=1S/C7H15N/c1-6-3-2-4-7(6)5-8/h6-7H,2-5,8H2,1H3/t6-,7+/m1/s1. The van der Waals surface area contributed by atoms with Crippen LogP contribution < -0.4 is 5.73 Å². The molecule has 1 heteroatoms. The van der Waals surface area contributed by atoms with Crippen molar-refractivity contribution in [3.05, 3.63) is 0 Å². The molecule has 0 unspecified atom stereocenters. The molecule has 48 valence electrons. The van der Waals surface area contributed by atoms with Crippen LogP contribution in [0.4, 0.5) is 0 Å². The van der Waals surface area contributed by atoms with Gasteiger partial charge in [0.15, 0.2) is 0 Å². The van der Waals surface area contributed by atoms with Crippen molar-refractivity contribution in [3.63, 3.8) is 0 Å². The fourth-order valence-corrected chi connectivity index (χ4v) is 1.57. The molecule has 0 aromatic heterocycles. The first-order valence-electron chi connectivity index (χ1n) is 3.54. The summed E-state index contributed by atoms with van der Waals surface area (Å²) in [7, 11) is 0. The lowest BCUT2D eigenvalue weighted by Gasteiger charge is -2.10. The Morgan fingerprint density at radius 2 is 2.25 bits per heavy atom. The Balaban J connectivity index is 2.30. The summed E-state index contributed by atoms with van der Waals surface area (Å²) < 4.78 is 0. The van der Waals surface area contributed by atoms with Crippen LogP contribution in [0.3, 0.4) is 0 Å². The molecule has 0 heterocycles. The summed E-state index contributed by atoms with van der Waals surface area (Å²) in [5.74, 6) is 1.75. The highest BCUT2D eigenvalue weighted by Crippen LogP contribution is 2.29. The summed E-state index contributed by atoms with van der Waals surface area (Å²) in [5, 5.41) is 0. The highest BCUT2D eigenvalue weighted by molar-refractivity contribution is 4.73. The molecule has 0 radical (unpaired) electrons. The lowest BCUT2D eigenvalue weighted by Crippen LogP contribution is -2.15. The van der Waals surface area contributed by atoms with Gasteiger partial charge >= 0.3 is 0 Å². The second-order valence-corrected chi connectivity index (χ2v) is 2.90. The van der Waals surface area contributed by atoms with Crippen LogP contribution in [0.15, 0.2) is 0 Å². The second-order valence-electron chi connectivity index (χ2n) is 2.90. The fraction of sp³-hybridized carbons (Fsp3) is 1.00. The fourth-order valence-electron chi connectivity index (χ4n) is 1.57. The Morgan fingerprint density at radius 1 is 1.50 bits per heavy atom. The number of hydrogen-bond donors (Lipinski definition) is 1. The van der Waals surface area contributed by atoms with Gasteiger partial charge in [-0.25, -0.2) is 0 Å². The minimum absolute atomic E-state index is 0.843. The molecule has 1 rings (SSSR count). The number of hydrogen-bond acceptors (Lipinski definition) is 1.